The third-order valence-electron chi connectivity index (χ3n) is 2.87. The number of nitrogens with one attached hydrogen (secondary N) is 2. The van der Waals surface area contributed by atoms with E-state index in [9.17, 15) is 14.4 Å². The van der Waals surface area contributed by atoms with Crippen LogP contribution in [0.1, 0.15) is 12.5 Å². The Morgan fingerprint density at radius 1 is 1.20 bits per heavy atom. The summed E-state index contributed by atoms with van der Waals surface area (Å²) in [5, 5.41) is 13.2. The molecule has 9 heteroatoms. The van der Waals surface area contributed by atoms with E-state index >= 15 is 0 Å². The maximum absolute atomic E-state index is 11.6. The lowest BCUT2D eigenvalue weighted by Crippen LogP contribution is -2.36. The Morgan fingerprint density at radius 2 is 1.84 bits per heavy atom. The monoisotopic (exact) mass is 349 g/mol. The van der Waals surface area contributed by atoms with Crippen molar-refractivity contribution in [3.05, 3.63) is 40.2 Å². The topological polar surface area (TPSA) is 152 Å². The minimum atomic E-state index is -0.833. The molecule has 0 aliphatic carbocycles. The lowest BCUT2D eigenvalue weighted by molar-refractivity contribution is -0.134. The van der Waals surface area contributed by atoms with E-state index in [0.29, 0.717) is 11.3 Å². The SMILES string of the molecule is CC(=O)O.Cc1cc(=O)oc2cc(NC(=O)CNC(=O)CN)ccc12. The van der Waals surface area contributed by atoms with Crippen LogP contribution in [-0.4, -0.2) is 36.0 Å². The van der Waals surface area contributed by atoms with Gasteiger partial charge in [0.15, 0.2) is 0 Å². The van der Waals surface area contributed by atoms with Gasteiger partial charge in [0, 0.05) is 30.1 Å². The van der Waals surface area contributed by atoms with Crippen LogP contribution in [0.3, 0.4) is 0 Å². The minimum absolute atomic E-state index is 0.173. The number of hydrogen-bond acceptors (Lipinski definition) is 6. The number of carbonyl (C=O) groups is 3. The van der Waals surface area contributed by atoms with Crippen molar-refractivity contribution in [2.45, 2.75) is 13.8 Å². The molecule has 0 bridgehead atoms. The fourth-order valence-corrected chi connectivity index (χ4v) is 1.86. The third-order valence-corrected chi connectivity index (χ3v) is 2.87. The van der Waals surface area contributed by atoms with Gasteiger partial charge in [-0.3, -0.25) is 14.4 Å². The van der Waals surface area contributed by atoms with Crippen molar-refractivity contribution in [1.82, 2.24) is 5.32 Å². The van der Waals surface area contributed by atoms with E-state index in [1.807, 2.05) is 0 Å². The fourth-order valence-electron chi connectivity index (χ4n) is 1.86. The Labute approximate surface area is 142 Å². The van der Waals surface area contributed by atoms with Crippen LogP contribution in [0.4, 0.5) is 5.69 Å². The molecule has 9 nitrogen and oxygen atoms in total. The molecular formula is C16H19N3O6. The number of fused-ring (bicyclic) bond motifs is 1. The Morgan fingerprint density at radius 3 is 2.44 bits per heavy atom. The number of carbonyl (C=O) groups excluding carboxylic acids is 2. The third kappa shape index (κ3) is 6.83. The summed E-state index contributed by atoms with van der Waals surface area (Å²) < 4.78 is 5.09. The van der Waals surface area contributed by atoms with E-state index < -0.39 is 23.4 Å². The van der Waals surface area contributed by atoms with Gasteiger partial charge in [0.05, 0.1) is 13.1 Å². The van der Waals surface area contributed by atoms with Crippen molar-refractivity contribution in [2.75, 3.05) is 18.4 Å². The van der Waals surface area contributed by atoms with E-state index in [0.717, 1.165) is 17.9 Å². The Balaban J connectivity index is 0.000000705. The van der Waals surface area contributed by atoms with Gasteiger partial charge in [-0.2, -0.15) is 0 Å². The van der Waals surface area contributed by atoms with Crippen LogP contribution in [-0.2, 0) is 14.4 Å². The van der Waals surface area contributed by atoms with E-state index in [2.05, 4.69) is 10.6 Å². The molecule has 25 heavy (non-hydrogen) atoms. The molecule has 2 aromatic rings. The van der Waals surface area contributed by atoms with Crippen LogP contribution in [0.5, 0.6) is 0 Å². The molecule has 0 atom stereocenters. The molecule has 0 unspecified atom stereocenters. The van der Waals surface area contributed by atoms with Gasteiger partial charge < -0.3 is 25.9 Å². The first-order valence-electron chi connectivity index (χ1n) is 7.23. The van der Waals surface area contributed by atoms with Crippen molar-refractivity contribution >= 4 is 34.4 Å². The van der Waals surface area contributed by atoms with E-state index in [1.54, 1.807) is 25.1 Å². The summed E-state index contributed by atoms with van der Waals surface area (Å²) in [6, 6.07) is 6.41. The summed E-state index contributed by atoms with van der Waals surface area (Å²) >= 11 is 0. The van der Waals surface area contributed by atoms with E-state index in [-0.39, 0.29) is 13.1 Å². The maximum Gasteiger partial charge on any atom is 0.336 e. The Kier molecular flexibility index (Phi) is 7.29. The molecular weight excluding hydrogens is 330 g/mol. The van der Waals surface area contributed by atoms with Crippen molar-refractivity contribution in [1.29, 1.82) is 0 Å². The largest absolute Gasteiger partial charge is 0.481 e. The number of carboxylic acid groups (broad SMARTS) is 1. The number of benzene rings is 1. The number of nitrogens with two attached hydrogens (primary N) is 1. The van der Waals surface area contributed by atoms with Gasteiger partial charge in [-0.1, -0.05) is 0 Å². The summed E-state index contributed by atoms with van der Waals surface area (Å²) in [6.07, 6.45) is 0. The Hall–Kier alpha value is -3.20. The summed E-state index contributed by atoms with van der Waals surface area (Å²) in [6.45, 7) is 2.54. The van der Waals surface area contributed by atoms with E-state index in [4.69, 9.17) is 20.1 Å². The molecule has 1 aromatic heterocycles. The number of rotatable bonds is 4. The highest BCUT2D eigenvalue weighted by Gasteiger charge is 2.07. The van der Waals surface area contributed by atoms with Crippen LogP contribution in [0.15, 0.2) is 33.5 Å². The molecule has 0 saturated heterocycles. The lowest BCUT2D eigenvalue weighted by atomic mass is 10.1. The number of aliphatic carboxylic acids is 1. The number of carboxylic acids is 1. The highest BCUT2D eigenvalue weighted by atomic mass is 16.4. The zero-order valence-electron chi connectivity index (χ0n) is 13.8. The predicted molar refractivity (Wildman–Crippen MR) is 91.2 cm³/mol. The molecule has 0 aliphatic heterocycles. The molecule has 0 aliphatic rings. The highest BCUT2D eigenvalue weighted by Crippen LogP contribution is 2.20. The van der Waals surface area contributed by atoms with E-state index in [1.165, 1.54) is 6.07 Å². The van der Waals surface area contributed by atoms with Crippen LogP contribution in [0, 0.1) is 6.92 Å². The molecule has 5 N–H and O–H groups in total. The van der Waals surface area contributed by atoms with Gasteiger partial charge >= 0.3 is 5.63 Å². The van der Waals surface area contributed by atoms with Crippen molar-refractivity contribution in [3.8, 4) is 0 Å². The zero-order valence-corrected chi connectivity index (χ0v) is 13.8. The van der Waals surface area contributed by atoms with Crippen LogP contribution < -0.4 is 22.0 Å². The van der Waals surface area contributed by atoms with Crippen molar-refractivity contribution in [3.63, 3.8) is 0 Å². The molecule has 1 aromatic carbocycles. The first-order chi connectivity index (χ1) is 11.7. The molecule has 2 amide bonds. The summed E-state index contributed by atoms with van der Waals surface area (Å²) in [7, 11) is 0. The average molecular weight is 349 g/mol. The summed E-state index contributed by atoms with van der Waals surface area (Å²) in [5.74, 6) is -1.64. The van der Waals surface area contributed by atoms with Gasteiger partial charge in [0.25, 0.3) is 5.97 Å². The Bertz CT molecular complexity index is 839. The maximum atomic E-state index is 11.6. The first-order valence-corrected chi connectivity index (χ1v) is 7.23. The number of amides is 2. The molecule has 0 radical (unpaired) electrons. The molecule has 0 spiro atoms. The number of hydrogen-bond donors (Lipinski definition) is 4. The van der Waals surface area contributed by atoms with Crippen LogP contribution in [0.2, 0.25) is 0 Å². The fraction of sp³-hybridized carbons (Fsp3) is 0.250. The zero-order chi connectivity index (χ0) is 19.0. The van der Waals surface area contributed by atoms with Gasteiger partial charge in [0.1, 0.15) is 5.58 Å². The lowest BCUT2D eigenvalue weighted by Gasteiger charge is -2.07. The highest BCUT2D eigenvalue weighted by molar-refractivity contribution is 5.96. The second kappa shape index (κ2) is 9.18. The van der Waals surface area contributed by atoms with Gasteiger partial charge in [-0.15, -0.1) is 0 Å². The molecule has 0 saturated carbocycles. The second-order valence-electron chi connectivity index (χ2n) is 5.01. The van der Waals surface area contributed by atoms with Crippen LogP contribution >= 0.6 is 0 Å². The normalized spacial score (nSPS) is 9.72. The number of anilines is 1. The molecule has 0 fully saturated rings. The van der Waals surface area contributed by atoms with Gasteiger partial charge in [-0.05, 0) is 24.6 Å². The molecule has 1 heterocycles. The summed E-state index contributed by atoms with van der Waals surface area (Å²) in [5.41, 5.74) is 6.34. The average Bonchev–Trinajstić information content (AvgIpc) is 2.51. The minimum Gasteiger partial charge on any atom is -0.481 e. The quantitative estimate of drug-likeness (QED) is 0.576. The van der Waals surface area contributed by atoms with Crippen LogP contribution in [0.25, 0.3) is 11.0 Å². The smallest absolute Gasteiger partial charge is 0.336 e. The standard InChI is InChI=1S/C14H15N3O4.C2H4O2/c1-8-4-14(20)21-11-5-9(2-3-10(8)11)17-13(19)7-16-12(18)6-15;1-2(3)4/h2-5H,6-7,15H2,1H3,(H,16,18)(H,17,19);1H3,(H,3,4). The summed E-state index contributed by atoms with van der Waals surface area (Å²) in [4.78, 5) is 42.9. The van der Waals surface area contributed by atoms with Gasteiger partial charge in [-0.25, -0.2) is 4.79 Å². The molecule has 134 valence electrons. The molecule has 2 rings (SSSR count). The second-order valence-corrected chi connectivity index (χ2v) is 5.01. The first kappa shape index (κ1) is 19.8. The van der Waals surface area contributed by atoms with Gasteiger partial charge in [0.2, 0.25) is 11.8 Å². The van der Waals surface area contributed by atoms with Crippen molar-refractivity contribution in [2.24, 2.45) is 5.73 Å². The van der Waals surface area contributed by atoms with Crippen molar-refractivity contribution < 1.29 is 23.9 Å². The number of aryl methyl sites for hydroxylation is 1. The predicted octanol–water partition coefficient (Wildman–Crippen LogP) is 0.206.